The summed E-state index contributed by atoms with van der Waals surface area (Å²) in [5.74, 6) is -0.0673. The lowest BCUT2D eigenvalue weighted by Crippen LogP contribution is -2.33. The number of rotatable bonds is 11. The molecule has 2 aromatic carbocycles. The number of nitrogens with one attached hydrogen (secondary N) is 1. The molecule has 1 unspecified atom stereocenters. The van der Waals surface area contributed by atoms with Crippen LogP contribution in [-0.2, 0) is 10.0 Å². The van der Waals surface area contributed by atoms with Gasteiger partial charge in [-0.3, -0.25) is 4.79 Å². The molecule has 29 heavy (non-hydrogen) atoms. The summed E-state index contributed by atoms with van der Waals surface area (Å²) in [4.78, 5) is 14.8. The molecule has 0 fully saturated rings. The largest absolute Gasteiger partial charge is 0.308 e. The third-order valence-corrected chi connectivity index (χ3v) is 7.01. The normalized spacial score (nSPS) is 13.0. The van der Waals surface area contributed by atoms with E-state index in [1.165, 1.54) is 22.0 Å². The molecule has 6 nitrogen and oxygen atoms in total. The first-order chi connectivity index (χ1) is 13.8. The van der Waals surface area contributed by atoms with E-state index in [2.05, 4.69) is 22.3 Å². The van der Waals surface area contributed by atoms with Crippen molar-refractivity contribution >= 4 is 15.8 Å². The fraction of sp³-hybridized carbons (Fsp3) is 0.409. The number of likely N-dealkylation sites (N-methyl/N-ethyl adjacent to an activating group) is 1. The monoisotopic (exact) mass is 417 g/mol. The smallest absolute Gasteiger partial charge is 0.243 e. The Bertz CT molecular complexity index is 877. The number of benzene rings is 2. The summed E-state index contributed by atoms with van der Waals surface area (Å²) < 4.78 is 26.5. The van der Waals surface area contributed by atoms with Crippen molar-refractivity contribution in [3.05, 3.63) is 65.7 Å². The van der Waals surface area contributed by atoms with Crippen LogP contribution in [0.4, 0.5) is 0 Å². The van der Waals surface area contributed by atoms with Crippen LogP contribution in [0.5, 0.6) is 0 Å². The molecule has 158 valence electrons. The Morgan fingerprint density at radius 2 is 1.55 bits per heavy atom. The van der Waals surface area contributed by atoms with Gasteiger partial charge in [0.2, 0.25) is 10.0 Å². The van der Waals surface area contributed by atoms with Crippen LogP contribution in [0.3, 0.4) is 0 Å². The van der Waals surface area contributed by atoms with Gasteiger partial charge in [0.25, 0.3) is 0 Å². The Balaban J connectivity index is 1.99. The molecule has 2 aromatic rings. The van der Waals surface area contributed by atoms with E-state index < -0.39 is 10.0 Å². The van der Waals surface area contributed by atoms with Crippen LogP contribution in [0.1, 0.15) is 35.8 Å². The standard InChI is InChI=1S/C22H31N3O3S/c1-5-25(6-2)29(27,28)20-14-12-19(13-15-20)22(26)17-23-16-21(24(3)4)18-10-8-7-9-11-18/h7-15,21,23H,5-6,16-17H2,1-4H3. The van der Waals surface area contributed by atoms with Gasteiger partial charge in [0.15, 0.2) is 5.78 Å². The van der Waals surface area contributed by atoms with Crippen molar-refractivity contribution in [2.45, 2.75) is 24.8 Å². The van der Waals surface area contributed by atoms with Crippen LogP contribution in [0.2, 0.25) is 0 Å². The fourth-order valence-corrected chi connectivity index (χ4v) is 4.68. The maximum Gasteiger partial charge on any atom is 0.243 e. The highest BCUT2D eigenvalue weighted by molar-refractivity contribution is 7.89. The molecule has 0 aliphatic carbocycles. The molecule has 0 amide bonds. The quantitative estimate of drug-likeness (QED) is 0.570. The second-order valence-corrected chi connectivity index (χ2v) is 9.00. The van der Waals surface area contributed by atoms with Gasteiger partial charge in [-0.25, -0.2) is 8.42 Å². The molecular weight excluding hydrogens is 386 g/mol. The van der Waals surface area contributed by atoms with Crippen LogP contribution >= 0.6 is 0 Å². The number of hydrogen-bond acceptors (Lipinski definition) is 5. The predicted molar refractivity (Wildman–Crippen MR) is 117 cm³/mol. The van der Waals surface area contributed by atoms with Crippen LogP contribution in [0.25, 0.3) is 0 Å². The van der Waals surface area contributed by atoms with Crippen molar-refractivity contribution in [3.63, 3.8) is 0 Å². The Morgan fingerprint density at radius 3 is 2.07 bits per heavy atom. The van der Waals surface area contributed by atoms with Gasteiger partial charge in [-0.2, -0.15) is 4.31 Å². The molecule has 0 spiro atoms. The van der Waals surface area contributed by atoms with Crippen molar-refractivity contribution < 1.29 is 13.2 Å². The number of ketones is 1. The van der Waals surface area contributed by atoms with Gasteiger partial charge in [-0.15, -0.1) is 0 Å². The molecule has 0 saturated carbocycles. The lowest BCUT2D eigenvalue weighted by atomic mass is 10.1. The molecular formula is C22H31N3O3S. The maximum absolute atomic E-state index is 12.5. The summed E-state index contributed by atoms with van der Waals surface area (Å²) in [5.41, 5.74) is 1.68. The summed E-state index contributed by atoms with van der Waals surface area (Å²) in [5, 5.41) is 3.23. The predicted octanol–water partition coefficient (Wildman–Crippen LogP) is 2.79. The third-order valence-electron chi connectivity index (χ3n) is 4.95. The highest BCUT2D eigenvalue weighted by atomic mass is 32.2. The van der Waals surface area contributed by atoms with E-state index in [1.807, 2.05) is 32.3 Å². The van der Waals surface area contributed by atoms with Crippen LogP contribution in [0, 0.1) is 0 Å². The minimum absolute atomic E-state index is 0.0673. The van der Waals surface area contributed by atoms with E-state index >= 15 is 0 Å². The van der Waals surface area contributed by atoms with Gasteiger partial charge in [-0.05, 0) is 31.8 Å². The summed E-state index contributed by atoms with van der Waals surface area (Å²) in [6, 6.07) is 16.5. The number of carbonyl (C=O) groups excluding carboxylic acids is 1. The van der Waals surface area contributed by atoms with E-state index in [1.54, 1.807) is 26.0 Å². The van der Waals surface area contributed by atoms with Crippen LogP contribution in [-0.4, -0.2) is 63.7 Å². The van der Waals surface area contributed by atoms with E-state index in [-0.39, 0.29) is 23.3 Å². The van der Waals surface area contributed by atoms with Crippen LogP contribution in [0.15, 0.2) is 59.5 Å². The number of hydrogen-bond donors (Lipinski definition) is 1. The Hall–Kier alpha value is -2.06. The first-order valence-corrected chi connectivity index (χ1v) is 11.3. The SMILES string of the molecule is CCN(CC)S(=O)(=O)c1ccc(C(=O)CNCC(c2ccccc2)N(C)C)cc1. The molecule has 1 atom stereocenters. The fourth-order valence-electron chi connectivity index (χ4n) is 3.22. The zero-order chi connectivity index (χ0) is 21.4. The van der Waals surface area contributed by atoms with Crippen molar-refractivity contribution in [1.29, 1.82) is 0 Å². The Labute approximate surface area is 174 Å². The van der Waals surface area contributed by atoms with E-state index in [0.717, 1.165) is 0 Å². The molecule has 0 bridgehead atoms. The first-order valence-electron chi connectivity index (χ1n) is 9.86. The molecule has 0 radical (unpaired) electrons. The van der Waals surface area contributed by atoms with Crippen molar-refractivity contribution in [3.8, 4) is 0 Å². The van der Waals surface area contributed by atoms with Gasteiger partial charge >= 0.3 is 0 Å². The van der Waals surface area contributed by atoms with E-state index in [4.69, 9.17) is 0 Å². The Morgan fingerprint density at radius 1 is 0.966 bits per heavy atom. The second-order valence-electron chi connectivity index (χ2n) is 7.06. The average Bonchev–Trinajstić information content (AvgIpc) is 2.72. The van der Waals surface area contributed by atoms with Crippen molar-refractivity contribution in [1.82, 2.24) is 14.5 Å². The zero-order valence-corrected chi connectivity index (χ0v) is 18.4. The molecule has 2 rings (SSSR count). The van der Waals surface area contributed by atoms with E-state index in [0.29, 0.717) is 25.2 Å². The molecule has 7 heteroatoms. The summed E-state index contributed by atoms with van der Waals surface area (Å²) in [6.07, 6.45) is 0. The van der Waals surface area contributed by atoms with Crippen molar-refractivity contribution in [2.75, 3.05) is 40.3 Å². The minimum Gasteiger partial charge on any atom is -0.308 e. The zero-order valence-electron chi connectivity index (χ0n) is 17.6. The van der Waals surface area contributed by atoms with Crippen LogP contribution < -0.4 is 5.32 Å². The third kappa shape index (κ3) is 5.96. The molecule has 0 saturated heterocycles. The lowest BCUT2D eigenvalue weighted by molar-refractivity contribution is 0.0988. The average molecular weight is 418 g/mol. The maximum atomic E-state index is 12.5. The van der Waals surface area contributed by atoms with E-state index in [9.17, 15) is 13.2 Å². The van der Waals surface area contributed by atoms with Crippen molar-refractivity contribution in [2.24, 2.45) is 0 Å². The highest BCUT2D eigenvalue weighted by Gasteiger charge is 2.21. The highest BCUT2D eigenvalue weighted by Crippen LogP contribution is 2.18. The number of carbonyl (C=O) groups is 1. The van der Waals surface area contributed by atoms with Gasteiger partial charge in [0.05, 0.1) is 11.4 Å². The topological polar surface area (TPSA) is 69.7 Å². The second kappa shape index (κ2) is 10.6. The molecule has 0 aliphatic heterocycles. The lowest BCUT2D eigenvalue weighted by Gasteiger charge is -2.25. The molecule has 0 aliphatic rings. The first kappa shape index (κ1) is 23.2. The number of nitrogens with zero attached hydrogens (tertiary/aromatic N) is 2. The van der Waals surface area contributed by atoms with Gasteiger partial charge < -0.3 is 10.2 Å². The summed E-state index contributed by atoms with van der Waals surface area (Å²) in [7, 11) is 0.509. The van der Waals surface area contributed by atoms with Gasteiger partial charge in [0.1, 0.15) is 0 Å². The summed E-state index contributed by atoms with van der Waals surface area (Å²) >= 11 is 0. The summed E-state index contributed by atoms with van der Waals surface area (Å²) in [6.45, 7) is 5.27. The number of Topliss-reactive ketones (excluding diaryl/α,β-unsaturated/α-hetero) is 1. The Kier molecular flexibility index (Phi) is 8.52. The van der Waals surface area contributed by atoms with Gasteiger partial charge in [-0.1, -0.05) is 56.3 Å². The minimum atomic E-state index is -3.51. The molecule has 0 aromatic heterocycles. The molecule has 1 N–H and O–H groups in total. The number of sulfonamides is 1. The van der Waals surface area contributed by atoms with Gasteiger partial charge in [0, 0.05) is 31.2 Å². The molecule has 0 heterocycles.